The number of hydrogen-bond donors (Lipinski definition) is 1. The lowest BCUT2D eigenvalue weighted by molar-refractivity contribution is -0.384. The highest BCUT2D eigenvalue weighted by Gasteiger charge is 2.34. The van der Waals surface area contributed by atoms with Gasteiger partial charge in [-0.05, 0) is 27.8 Å². The molecule has 0 aliphatic carbocycles. The minimum absolute atomic E-state index is 0.0444. The van der Waals surface area contributed by atoms with Crippen LogP contribution in [-0.2, 0) is 0 Å². The van der Waals surface area contributed by atoms with Crippen LogP contribution in [0.4, 0.5) is 17.5 Å². The average Bonchev–Trinajstić information content (AvgIpc) is 2.42. The van der Waals surface area contributed by atoms with E-state index in [4.69, 9.17) is 0 Å². The number of likely N-dealkylation sites (N-methyl/N-ethyl adjacent to an activating group) is 1. The Bertz CT molecular complexity index is 533. The summed E-state index contributed by atoms with van der Waals surface area (Å²) in [5, 5.41) is 14.2. The lowest BCUT2D eigenvalue weighted by Crippen LogP contribution is -2.58. The van der Waals surface area contributed by atoms with E-state index in [1.165, 1.54) is 6.20 Å². The van der Waals surface area contributed by atoms with Crippen molar-refractivity contribution in [1.29, 1.82) is 0 Å². The molecule has 116 valence electrons. The Labute approximate surface area is 124 Å². The monoisotopic (exact) mass is 294 g/mol. The molecule has 1 N–H and O–H groups in total. The van der Waals surface area contributed by atoms with Gasteiger partial charge in [-0.3, -0.25) is 15.0 Å². The van der Waals surface area contributed by atoms with Crippen LogP contribution in [0.15, 0.2) is 6.20 Å². The molecule has 8 heteroatoms. The molecule has 1 aliphatic heterocycles. The number of aromatic nitrogens is 2. The second-order valence-corrected chi connectivity index (χ2v) is 5.85. The largest absolute Gasteiger partial charge is 0.354 e. The number of anilines is 2. The molecule has 0 saturated carbocycles. The Morgan fingerprint density at radius 1 is 1.48 bits per heavy atom. The summed E-state index contributed by atoms with van der Waals surface area (Å²) in [6.07, 6.45) is 1.28. The number of nitro groups is 1. The molecule has 1 aromatic heterocycles. The fraction of sp³-hybridized carbons (Fsp3) is 0.692. The van der Waals surface area contributed by atoms with Gasteiger partial charge in [0.1, 0.15) is 6.20 Å². The Hall–Kier alpha value is -1.96. The summed E-state index contributed by atoms with van der Waals surface area (Å²) in [6.45, 7) is 9.09. The molecule has 0 amide bonds. The molecule has 1 fully saturated rings. The van der Waals surface area contributed by atoms with E-state index in [2.05, 4.69) is 41.1 Å². The molecular formula is C13H22N6O2. The van der Waals surface area contributed by atoms with Crippen molar-refractivity contribution in [1.82, 2.24) is 14.9 Å². The quantitative estimate of drug-likeness (QED) is 0.662. The van der Waals surface area contributed by atoms with Gasteiger partial charge in [0.2, 0.25) is 11.8 Å². The minimum Gasteiger partial charge on any atom is -0.354 e. The van der Waals surface area contributed by atoms with E-state index in [1.807, 2.05) is 11.8 Å². The highest BCUT2D eigenvalue weighted by Crippen LogP contribution is 2.30. The third kappa shape index (κ3) is 3.21. The van der Waals surface area contributed by atoms with Gasteiger partial charge in [-0.25, -0.2) is 4.98 Å². The topological polar surface area (TPSA) is 87.4 Å². The maximum absolute atomic E-state index is 11.2. The van der Waals surface area contributed by atoms with E-state index in [-0.39, 0.29) is 11.2 Å². The van der Waals surface area contributed by atoms with Crippen molar-refractivity contribution in [3.8, 4) is 0 Å². The van der Waals surface area contributed by atoms with Gasteiger partial charge >= 0.3 is 5.69 Å². The highest BCUT2D eigenvalue weighted by molar-refractivity contribution is 5.59. The Kier molecular flexibility index (Phi) is 4.26. The molecule has 0 atom stereocenters. The molecule has 1 aromatic rings. The summed E-state index contributed by atoms with van der Waals surface area (Å²) in [4.78, 5) is 23.4. The first kappa shape index (κ1) is 15.4. The summed E-state index contributed by atoms with van der Waals surface area (Å²) < 4.78 is 0. The summed E-state index contributed by atoms with van der Waals surface area (Å²) in [5.74, 6) is 0.821. The number of piperazine rings is 1. The number of nitrogens with zero attached hydrogens (tertiary/aromatic N) is 5. The van der Waals surface area contributed by atoms with Crippen LogP contribution >= 0.6 is 0 Å². The Morgan fingerprint density at radius 2 is 2.19 bits per heavy atom. The van der Waals surface area contributed by atoms with E-state index in [0.717, 1.165) is 6.54 Å². The maximum atomic E-state index is 11.2. The fourth-order valence-electron chi connectivity index (χ4n) is 2.39. The van der Waals surface area contributed by atoms with Crippen molar-refractivity contribution in [2.45, 2.75) is 26.3 Å². The van der Waals surface area contributed by atoms with Gasteiger partial charge in [-0.2, -0.15) is 4.98 Å². The zero-order chi connectivity index (χ0) is 15.6. The van der Waals surface area contributed by atoms with E-state index >= 15 is 0 Å². The first-order valence-corrected chi connectivity index (χ1v) is 7.06. The summed E-state index contributed by atoms with van der Waals surface area (Å²) >= 11 is 0. The molecule has 2 heterocycles. The van der Waals surface area contributed by atoms with Crippen molar-refractivity contribution in [2.75, 3.05) is 43.4 Å². The van der Waals surface area contributed by atoms with Crippen LogP contribution in [0.2, 0.25) is 0 Å². The van der Waals surface area contributed by atoms with Gasteiger partial charge in [0.05, 0.1) is 4.92 Å². The molecule has 1 aliphatic rings. The molecule has 8 nitrogen and oxygen atoms in total. The van der Waals surface area contributed by atoms with Gasteiger partial charge < -0.3 is 10.2 Å². The second kappa shape index (κ2) is 5.80. The highest BCUT2D eigenvalue weighted by atomic mass is 16.6. The molecule has 1 saturated heterocycles. The van der Waals surface area contributed by atoms with Crippen molar-refractivity contribution in [2.24, 2.45) is 0 Å². The van der Waals surface area contributed by atoms with Gasteiger partial charge in [0.15, 0.2) is 0 Å². The molecule has 0 bridgehead atoms. The van der Waals surface area contributed by atoms with Crippen molar-refractivity contribution >= 4 is 17.5 Å². The van der Waals surface area contributed by atoms with Gasteiger partial charge in [-0.1, -0.05) is 0 Å². The zero-order valence-electron chi connectivity index (χ0n) is 13.0. The minimum atomic E-state index is -0.420. The molecule has 0 spiro atoms. The van der Waals surface area contributed by atoms with Crippen molar-refractivity contribution in [3.63, 3.8) is 0 Å². The van der Waals surface area contributed by atoms with Crippen LogP contribution in [0.3, 0.4) is 0 Å². The molecule has 0 unspecified atom stereocenters. The van der Waals surface area contributed by atoms with Crippen LogP contribution < -0.4 is 10.2 Å². The van der Waals surface area contributed by atoms with Crippen molar-refractivity contribution < 1.29 is 4.92 Å². The zero-order valence-corrected chi connectivity index (χ0v) is 13.0. The van der Waals surface area contributed by atoms with E-state index in [0.29, 0.717) is 31.4 Å². The standard InChI is InChI=1S/C13H22N6O2/c1-5-14-12-15-8-10(19(20)21)11(16-12)18-7-6-17(4)13(2,3)9-18/h8H,5-7,9H2,1-4H3,(H,14,15,16). The number of rotatable bonds is 4. The van der Waals surface area contributed by atoms with E-state index in [9.17, 15) is 10.1 Å². The first-order chi connectivity index (χ1) is 9.85. The number of nitrogens with one attached hydrogen (secondary N) is 1. The predicted molar refractivity (Wildman–Crippen MR) is 81.8 cm³/mol. The van der Waals surface area contributed by atoms with Gasteiger partial charge in [-0.15, -0.1) is 0 Å². The van der Waals surface area contributed by atoms with Crippen LogP contribution in [0.5, 0.6) is 0 Å². The molecule has 2 rings (SSSR count). The van der Waals surface area contributed by atoms with Crippen LogP contribution in [0.25, 0.3) is 0 Å². The smallest absolute Gasteiger partial charge is 0.329 e. The third-order valence-corrected chi connectivity index (χ3v) is 3.90. The summed E-state index contributed by atoms with van der Waals surface area (Å²) in [7, 11) is 2.07. The summed E-state index contributed by atoms with van der Waals surface area (Å²) in [5.41, 5.74) is -0.105. The number of hydrogen-bond acceptors (Lipinski definition) is 7. The third-order valence-electron chi connectivity index (χ3n) is 3.90. The Balaban J connectivity index is 2.36. The SMILES string of the molecule is CCNc1ncc([N+](=O)[O-])c(N2CCN(C)C(C)(C)C2)n1. The summed E-state index contributed by atoms with van der Waals surface area (Å²) in [6, 6.07) is 0. The molecule has 0 aromatic carbocycles. The van der Waals surface area contributed by atoms with E-state index < -0.39 is 4.92 Å². The lowest BCUT2D eigenvalue weighted by atomic mass is 10.00. The van der Waals surface area contributed by atoms with Crippen LogP contribution in [0, 0.1) is 10.1 Å². The second-order valence-electron chi connectivity index (χ2n) is 5.85. The van der Waals surface area contributed by atoms with Gasteiger partial charge in [0, 0.05) is 31.7 Å². The molecular weight excluding hydrogens is 272 g/mol. The first-order valence-electron chi connectivity index (χ1n) is 7.06. The fourth-order valence-corrected chi connectivity index (χ4v) is 2.39. The normalized spacial score (nSPS) is 18.6. The average molecular weight is 294 g/mol. The van der Waals surface area contributed by atoms with Gasteiger partial charge in [0.25, 0.3) is 0 Å². The van der Waals surface area contributed by atoms with Crippen molar-refractivity contribution in [3.05, 3.63) is 16.3 Å². The van der Waals surface area contributed by atoms with E-state index in [1.54, 1.807) is 0 Å². The molecule has 0 radical (unpaired) electrons. The van der Waals surface area contributed by atoms with Crippen LogP contribution in [-0.4, -0.2) is 58.6 Å². The molecule has 21 heavy (non-hydrogen) atoms. The lowest BCUT2D eigenvalue weighted by Gasteiger charge is -2.45. The Morgan fingerprint density at radius 3 is 2.76 bits per heavy atom. The van der Waals surface area contributed by atoms with Crippen LogP contribution in [0.1, 0.15) is 20.8 Å². The maximum Gasteiger partial charge on any atom is 0.329 e. The predicted octanol–water partition coefficient (Wildman–Crippen LogP) is 1.35.